The van der Waals surface area contributed by atoms with E-state index in [-0.39, 0.29) is 0 Å². The molecule has 1 rings (SSSR count). The Morgan fingerprint density at radius 1 is 1.54 bits per heavy atom. The number of nitrogens with two attached hydrogens (primary N) is 1. The highest BCUT2D eigenvalue weighted by Gasteiger charge is 2.43. The third-order valence-electron chi connectivity index (χ3n) is 2.72. The summed E-state index contributed by atoms with van der Waals surface area (Å²) in [5, 5.41) is 0. The summed E-state index contributed by atoms with van der Waals surface area (Å²) in [6, 6.07) is 0. The molecule has 0 unspecified atom stereocenters. The van der Waals surface area contributed by atoms with Crippen molar-refractivity contribution in [3.8, 4) is 0 Å². The summed E-state index contributed by atoms with van der Waals surface area (Å²) in [6.07, 6.45) is 4.77. The highest BCUT2D eigenvalue weighted by atomic mass is 32.1. The molecule has 0 aromatic carbocycles. The van der Waals surface area contributed by atoms with Crippen molar-refractivity contribution in [1.29, 1.82) is 0 Å². The zero-order valence-corrected chi connectivity index (χ0v) is 9.49. The van der Waals surface area contributed by atoms with Crippen molar-refractivity contribution < 1.29 is 0 Å². The average Bonchev–Trinajstić information content (AvgIpc) is 2.67. The van der Waals surface area contributed by atoms with Crippen molar-refractivity contribution in [3.05, 3.63) is 0 Å². The fraction of sp³-hybridized carbons (Fsp3) is 0.900. The first-order valence-corrected chi connectivity index (χ1v) is 5.46. The van der Waals surface area contributed by atoms with Crippen molar-refractivity contribution in [2.75, 3.05) is 20.1 Å². The summed E-state index contributed by atoms with van der Waals surface area (Å²) in [5.74, 6) is 0. The Morgan fingerprint density at radius 3 is 2.54 bits per heavy atom. The van der Waals surface area contributed by atoms with E-state index in [1.54, 1.807) is 0 Å². The van der Waals surface area contributed by atoms with Crippen molar-refractivity contribution in [1.82, 2.24) is 4.90 Å². The molecular weight excluding hydrogens is 180 g/mol. The fourth-order valence-corrected chi connectivity index (χ4v) is 2.28. The van der Waals surface area contributed by atoms with Crippen molar-refractivity contribution >= 4 is 17.2 Å². The van der Waals surface area contributed by atoms with E-state index in [1.165, 1.54) is 25.8 Å². The maximum absolute atomic E-state index is 5.58. The van der Waals surface area contributed by atoms with Gasteiger partial charge in [0.2, 0.25) is 0 Å². The molecule has 13 heavy (non-hydrogen) atoms. The van der Waals surface area contributed by atoms with Gasteiger partial charge >= 0.3 is 0 Å². The van der Waals surface area contributed by atoms with E-state index < -0.39 is 0 Å². The lowest BCUT2D eigenvalue weighted by Gasteiger charge is -2.22. The van der Waals surface area contributed by atoms with Crippen LogP contribution in [0.25, 0.3) is 0 Å². The van der Waals surface area contributed by atoms with Crippen LogP contribution in [-0.4, -0.2) is 30.0 Å². The molecule has 0 saturated heterocycles. The van der Waals surface area contributed by atoms with E-state index >= 15 is 0 Å². The lowest BCUT2D eigenvalue weighted by atomic mass is 10.0. The van der Waals surface area contributed by atoms with E-state index in [1.807, 2.05) is 0 Å². The summed E-state index contributed by atoms with van der Waals surface area (Å²) in [4.78, 5) is 3.08. The van der Waals surface area contributed by atoms with Crippen molar-refractivity contribution in [2.45, 2.75) is 32.6 Å². The fourth-order valence-electron chi connectivity index (χ4n) is 1.97. The van der Waals surface area contributed by atoms with Gasteiger partial charge in [-0.05, 0) is 38.3 Å². The van der Waals surface area contributed by atoms with Crippen LogP contribution >= 0.6 is 12.2 Å². The maximum atomic E-state index is 5.58. The summed E-state index contributed by atoms with van der Waals surface area (Å²) in [7, 11) is 2.18. The Balaban J connectivity index is 2.30. The van der Waals surface area contributed by atoms with Crippen LogP contribution in [0.5, 0.6) is 0 Å². The van der Waals surface area contributed by atoms with Gasteiger partial charge in [0.05, 0.1) is 4.99 Å². The summed E-state index contributed by atoms with van der Waals surface area (Å²) in [5.41, 5.74) is 6.04. The van der Waals surface area contributed by atoms with Gasteiger partial charge in [-0.25, -0.2) is 0 Å². The molecule has 2 nitrogen and oxygen atoms in total. The minimum absolute atomic E-state index is 0.454. The predicted molar refractivity (Wildman–Crippen MR) is 60.9 cm³/mol. The predicted octanol–water partition coefficient (Wildman–Crippen LogP) is 1.78. The van der Waals surface area contributed by atoms with E-state index in [9.17, 15) is 0 Å². The van der Waals surface area contributed by atoms with Crippen molar-refractivity contribution in [2.24, 2.45) is 11.1 Å². The number of thiocarbonyl (C=S) groups is 1. The second kappa shape index (κ2) is 4.38. The Labute approximate surface area is 86.5 Å². The van der Waals surface area contributed by atoms with Gasteiger partial charge in [-0.3, -0.25) is 0 Å². The molecule has 0 spiro atoms. The standard InChI is InChI=1S/C10H20N2S/c1-3-6-12(2)8-10(4-5-10)7-9(11)13/h3-8H2,1-2H3,(H2,11,13). The quantitative estimate of drug-likeness (QED) is 0.663. The van der Waals surface area contributed by atoms with Crippen LogP contribution in [0.1, 0.15) is 32.6 Å². The normalized spacial score (nSPS) is 19.0. The van der Waals surface area contributed by atoms with Crippen LogP contribution in [0.3, 0.4) is 0 Å². The molecule has 0 aliphatic heterocycles. The van der Waals surface area contributed by atoms with Crippen LogP contribution in [0.2, 0.25) is 0 Å². The zero-order valence-electron chi connectivity index (χ0n) is 8.68. The Morgan fingerprint density at radius 2 is 2.15 bits per heavy atom. The third kappa shape index (κ3) is 3.61. The molecule has 0 aromatic rings. The number of rotatable bonds is 6. The highest BCUT2D eigenvalue weighted by molar-refractivity contribution is 7.80. The van der Waals surface area contributed by atoms with Crippen LogP contribution in [0.15, 0.2) is 0 Å². The minimum Gasteiger partial charge on any atom is -0.393 e. The van der Waals surface area contributed by atoms with Gasteiger partial charge in [0.15, 0.2) is 0 Å². The molecular formula is C10H20N2S. The van der Waals surface area contributed by atoms with Crippen LogP contribution in [-0.2, 0) is 0 Å². The summed E-state index contributed by atoms with van der Waals surface area (Å²) < 4.78 is 0. The van der Waals surface area contributed by atoms with Gasteiger partial charge < -0.3 is 10.6 Å². The summed E-state index contributed by atoms with van der Waals surface area (Å²) >= 11 is 4.96. The minimum atomic E-state index is 0.454. The molecule has 76 valence electrons. The van der Waals surface area contributed by atoms with Crippen molar-refractivity contribution in [3.63, 3.8) is 0 Å². The molecule has 2 N–H and O–H groups in total. The highest BCUT2D eigenvalue weighted by Crippen LogP contribution is 2.49. The molecule has 0 bridgehead atoms. The first-order valence-electron chi connectivity index (χ1n) is 5.05. The third-order valence-corrected chi connectivity index (χ3v) is 2.86. The molecule has 1 fully saturated rings. The number of hydrogen-bond donors (Lipinski definition) is 1. The van der Waals surface area contributed by atoms with Gasteiger partial charge in [-0.1, -0.05) is 19.1 Å². The lowest BCUT2D eigenvalue weighted by molar-refractivity contribution is 0.267. The summed E-state index contributed by atoms with van der Waals surface area (Å²) in [6.45, 7) is 4.56. The number of hydrogen-bond acceptors (Lipinski definition) is 2. The van der Waals surface area contributed by atoms with Crippen LogP contribution < -0.4 is 5.73 Å². The Bertz CT molecular complexity index is 187. The van der Waals surface area contributed by atoms with E-state index in [0.717, 1.165) is 13.0 Å². The van der Waals surface area contributed by atoms with E-state index in [0.29, 0.717) is 10.4 Å². The first-order chi connectivity index (χ1) is 6.08. The molecule has 1 aliphatic rings. The molecule has 0 aromatic heterocycles. The molecule has 0 amide bonds. The maximum Gasteiger partial charge on any atom is 0.0733 e. The number of nitrogens with zero attached hydrogens (tertiary/aromatic N) is 1. The molecule has 1 aliphatic carbocycles. The van der Waals surface area contributed by atoms with E-state index in [4.69, 9.17) is 18.0 Å². The molecule has 3 heteroatoms. The molecule has 0 heterocycles. The topological polar surface area (TPSA) is 29.3 Å². The van der Waals surface area contributed by atoms with E-state index in [2.05, 4.69) is 18.9 Å². The Kier molecular flexibility index (Phi) is 3.68. The smallest absolute Gasteiger partial charge is 0.0733 e. The SMILES string of the molecule is CCCN(C)CC1(CC(N)=S)CC1. The average molecular weight is 200 g/mol. The molecule has 1 saturated carbocycles. The van der Waals surface area contributed by atoms with Gasteiger partial charge in [-0.15, -0.1) is 0 Å². The van der Waals surface area contributed by atoms with Gasteiger partial charge in [0.1, 0.15) is 0 Å². The van der Waals surface area contributed by atoms with Crippen LogP contribution in [0, 0.1) is 5.41 Å². The second-order valence-electron chi connectivity index (χ2n) is 4.38. The zero-order chi connectivity index (χ0) is 9.90. The molecule has 0 radical (unpaired) electrons. The first kappa shape index (κ1) is 10.9. The van der Waals surface area contributed by atoms with Gasteiger partial charge in [0, 0.05) is 13.0 Å². The van der Waals surface area contributed by atoms with Crippen LogP contribution in [0.4, 0.5) is 0 Å². The molecule has 0 atom stereocenters. The monoisotopic (exact) mass is 200 g/mol. The Hall–Kier alpha value is -0.150. The van der Waals surface area contributed by atoms with Gasteiger partial charge in [0.25, 0.3) is 0 Å². The van der Waals surface area contributed by atoms with Gasteiger partial charge in [-0.2, -0.15) is 0 Å². The lowest BCUT2D eigenvalue weighted by Crippen LogP contribution is -2.30. The second-order valence-corrected chi connectivity index (χ2v) is 4.91. The largest absolute Gasteiger partial charge is 0.393 e.